The van der Waals surface area contributed by atoms with Gasteiger partial charge in [0.25, 0.3) is 0 Å². The number of rotatable bonds is 8. The fraction of sp³-hybridized carbons (Fsp3) is 0.391. The molecule has 1 aliphatic rings. The molecule has 2 aromatic carbocycles. The van der Waals surface area contributed by atoms with Crippen molar-refractivity contribution in [3.8, 4) is 11.5 Å². The maximum Gasteiger partial charge on any atom is 0.342 e. The Morgan fingerprint density at radius 1 is 1.24 bits per heavy atom. The second kappa shape index (κ2) is 11.0. The molecule has 1 fully saturated rings. The highest BCUT2D eigenvalue weighted by atomic mass is 35.5. The zero-order valence-electron chi connectivity index (χ0n) is 19.0. The van der Waals surface area contributed by atoms with Crippen molar-refractivity contribution in [3.63, 3.8) is 0 Å². The molecule has 0 spiro atoms. The first-order valence-electron chi connectivity index (χ1n) is 10.8. The van der Waals surface area contributed by atoms with Crippen LogP contribution in [0.5, 0.6) is 11.5 Å². The number of aryl methyl sites for hydroxylation is 1. The third-order valence-electron chi connectivity index (χ3n) is 5.50. The molecule has 2 aromatic rings. The summed E-state index contributed by atoms with van der Waals surface area (Å²) in [6.45, 7) is 5.17. The van der Waals surface area contributed by atoms with E-state index in [4.69, 9.17) is 36.4 Å². The van der Waals surface area contributed by atoms with Crippen molar-refractivity contribution in [2.45, 2.75) is 31.6 Å². The highest BCUT2D eigenvalue weighted by Gasteiger charge is 2.27. The molecule has 0 saturated carbocycles. The fourth-order valence-electron chi connectivity index (χ4n) is 3.70. The molecule has 0 aromatic heterocycles. The first-order valence-corrected chi connectivity index (χ1v) is 12.6. The van der Waals surface area contributed by atoms with Crippen molar-refractivity contribution in [2.75, 3.05) is 26.3 Å². The summed E-state index contributed by atoms with van der Waals surface area (Å²) in [6, 6.07) is 8.90. The average Bonchev–Trinajstić information content (AvgIpc) is 2.77. The van der Waals surface area contributed by atoms with E-state index in [9.17, 15) is 13.2 Å². The number of esters is 1. The smallest absolute Gasteiger partial charge is 0.342 e. The molecule has 0 aliphatic carbocycles. The number of nitrogens with one attached hydrogen (secondary N) is 1. The minimum Gasteiger partial charge on any atom is -0.493 e. The highest BCUT2D eigenvalue weighted by Crippen LogP contribution is 2.33. The Balaban J connectivity index is 1.85. The fourth-order valence-corrected chi connectivity index (χ4v) is 5.13. The lowest BCUT2D eigenvalue weighted by Crippen LogP contribution is -2.43. The predicted molar refractivity (Wildman–Crippen MR) is 128 cm³/mol. The van der Waals surface area contributed by atoms with Gasteiger partial charge in [0.2, 0.25) is 0 Å². The number of nitrogens with two attached hydrogens (primary N) is 1. The largest absolute Gasteiger partial charge is 0.493 e. The number of hydrogen-bond acceptors (Lipinski definition) is 7. The van der Waals surface area contributed by atoms with Crippen LogP contribution in [0.3, 0.4) is 0 Å². The van der Waals surface area contributed by atoms with E-state index in [0.717, 1.165) is 12.8 Å². The van der Waals surface area contributed by atoms with Crippen LogP contribution in [0.1, 0.15) is 35.7 Å². The minimum absolute atomic E-state index is 0.000375. The number of benzene rings is 2. The van der Waals surface area contributed by atoms with E-state index >= 15 is 0 Å². The topological polar surface area (TPSA) is 132 Å². The monoisotopic (exact) mass is 509 g/mol. The maximum absolute atomic E-state index is 12.9. The third-order valence-corrected chi connectivity index (χ3v) is 7.23. The van der Waals surface area contributed by atoms with E-state index in [-0.39, 0.29) is 39.7 Å². The number of guanidine groups is 1. The van der Waals surface area contributed by atoms with E-state index in [1.807, 2.05) is 0 Å². The molecule has 0 atom stereocenters. The van der Waals surface area contributed by atoms with Crippen LogP contribution in [0.4, 0.5) is 0 Å². The molecule has 11 heteroatoms. The SMILES string of the molecule is CCOC(=O)c1c(C)cc(OCC2CCN(C(=N)N)CC2)cc1OS(=O)(=O)c1ccccc1Cl. The van der Waals surface area contributed by atoms with Crippen LogP contribution in [-0.2, 0) is 14.9 Å². The lowest BCUT2D eigenvalue weighted by molar-refractivity contribution is 0.0523. The van der Waals surface area contributed by atoms with E-state index < -0.39 is 16.1 Å². The van der Waals surface area contributed by atoms with Crippen LogP contribution in [-0.4, -0.2) is 51.5 Å². The van der Waals surface area contributed by atoms with Crippen LogP contribution >= 0.6 is 11.6 Å². The molecule has 3 rings (SSSR count). The molecule has 0 amide bonds. The standard InChI is InChI=1S/C23H28ClN3O6S/c1-3-31-22(28)21-15(2)12-17(32-14-16-8-10-27(11-9-16)23(25)26)13-19(21)33-34(29,30)20-7-5-4-6-18(20)24/h4-7,12-13,16H,3,8-11,14H2,1-2H3,(H3,25,26). The van der Waals surface area contributed by atoms with Crippen molar-refractivity contribution in [1.82, 2.24) is 4.90 Å². The van der Waals surface area contributed by atoms with Crippen molar-refractivity contribution < 1.29 is 26.9 Å². The molecule has 34 heavy (non-hydrogen) atoms. The molecule has 0 radical (unpaired) electrons. The van der Waals surface area contributed by atoms with Gasteiger partial charge < -0.3 is 24.3 Å². The van der Waals surface area contributed by atoms with Gasteiger partial charge in [-0.1, -0.05) is 23.7 Å². The first-order chi connectivity index (χ1) is 16.1. The number of carbonyl (C=O) groups excluding carboxylic acids is 1. The number of ether oxygens (including phenoxy) is 2. The van der Waals surface area contributed by atoms with Crippen LogP contribution in [0, 0.1) is 18.3 Å². The molecule has 3 N–H and O–H groups in total. The summed E-state index contributed by atoms with van der Waals surface area (Å²) in [4.78, 5) is 14.2. The molecular weight excluding hydrogens is 482 g/mol. The van der Waals surface area contributed by atoms with Gasteiger partial charge in [-0.3, -0.25) is 5.41 Å². The Bertz CT molecular complexity index is 1160. The molecular formula is C23H28ClN3O6S. The number of hydrogen-bond donors (Lipinski definition) is 2. The normalized spacial score (nSPS) is 14.5. The molecule has 184 valence electrons. The van der Waals surface area contributed by atoms with Crippen molar-refractivity contribution in [1.29, 1.82) is 5.41 Å². The van der Waals surface area contributed by atoms with Gasteiger partial charge in [0.15, 0.2) is 11.7 Å². The van der Waals surface area contributed by atoms with Crippen LogP contribution in [0.15, 0.2) is 41.3 Å². The van der Waals surface area contributed by atoms with Gasteiger partial charge in [0.1, 0.15) is 16.2 Å². The van der Waals surface area contributed by atoms with Crippen molar-refractivity contribution in [3.05, 3.63) is 52.5 Å². The summed E-state index contributed by atoms with van der Waals surface area (Å²) >= 11 is 6.06. The Labute approximate surface area is 204 Å². The van der Waals surface area contributed by atoms with Gasteiger partial charge in [-0.2, -0.15) is 8.42 Å². The van der Waals surface area contributed by atoms with Gasteiger partial charge in [0, 0.05) is 19.2 Å². The average molecular weight is 510 g/mol. The number of halogens is 1. The van der Waals surface area contributed by atoms with Gasteiger partial charge in [-0.05, 0) is 56.4 Å². The predicted octanol–water partition coefficient (Wildman–Crippen LogP) is 3.58. The summed E-state index contributed by atoms with van der Waals surface area (Å²) in [7, 11) is -4.33. The van der Waals surface area contributed by atoms with E-state index in [2.05, 4.69) is 0 Å². The van der Waals surface area contributed by atoms with Crippen LogP contribution in [0.2, 0.25) is 5.02 Å². The van der Waals surface area contributed by atoms with Gasteiger partial charge in [0.05, 0.1) is 18.2 Å². The summed E-state index contributed by atoms with van der Waals surface area (Å²) in [5.41, 5.74) is 5.99. The zero-order valence-corrected chi connectivity index (χ0v) is 20.6. The van der Waals surface area contributed by atoms with Crippen LogP contribution in [0.25, 0.3) is 0 Å². The number of likely N-dealkylation sites (tertiary alicyclic amines) is 1. The first kappa shape index (κ1) is 25.6. The van der Waals surface area contributed by atoms with Crippen molar-refractivity contribution >= 4 is 33.6 Å². The van der Waals surface area contributed by atoms with Gasteiger partial charge >= 0.3 is 16.1 Å². The lowest BCUT2D eigenvalue weighted by atomic mass is 9.98. The van der Waals surface area contributed by atoms with Gasteiger partial charge in [-0.25, -0.2) is 4.79 Å². The molecule has 0 unspecified atom stereocenters. The summed E-state index contributed by atoms with van der Waals surface area (Å²) in [5.74, 6) is -0.223. The van der Waals surface area contributed by atoms with Crippen LogP contribution < -0.4 is 14.7 Å². The Morgan fingerprint density at radius 2 is 1.91 bits per heavy atom. The van der Waals surface area contributed by atoms with E-state index in [1.165, 1.54) is 24.3 Å². The molecule has 1 aliphatic heterocycles. The van der Waals surface area contributed by atoms with E-state index in [0.29, 0.717) is 31.0 Å². The number of nitrogens with zero attached hydrogens (tertiary/aromatic N) is 1. The highest BCUT2D eigenvalue weighted by molar-refractivity contribution is 7.87. The quantitative estimate of drug-likeness (QED) is 0.239. The minimum atomic E-state index is -4.33. The van der Waals surface area contributed by atoms with Crippen molar-refractivity contribution in [2.24, 2.45) is 11.7 Å². The molecule has 0 bridgehead atoms. The Hall–Kier alpha value is -2.98. The molecule has 9 nitrogen and oxygen atoms in total. The summed E-state index contributed by atoms with van der Waals surface area (Å²) in [5, 5.41) is 7.53. The Morgan fingerprint density at radius 3 is 2.53 bits per heavy atom. The Kier molecular flexibility index (Phi) is 8.27. The number of carbonyl (C=O) groups is 1. The van der Waals surface area contributed by atoms with E-state index in [1.54, 1.807) is 30.9 Å². The van der Waals surface area contributed by atoms with Gasteiger partial charge in [-0.15, -0.1) is 0 Å². The lowest BCUT2D eigenvalue weighted by Gasteiger charge is -2.32. The molecule has 1 heterocycles. The summed E-state index contributed by atoms with van der Waals surface area (Å²) in [6.07, 6.45) is 1.62. The zero-order chi connectivity index (χ0) is 24.9. The maximum atomic E-state index is 12.9. The third kappa shape index (κ3) is 6.12. The second-order valence-electron chi connectivity index (χ2n) is 7.93. The summed E-state index contributed by atoms with van der Waals surface area (Å²) < 4.78 is 42.3. The number of piperidine rings is 1. The molecule has 1 saturated heterocycles. The second-order valence-corrected chi connectivity index (χ2v) is 9.85.